The summed E-state index contributed by atoms with van der Waals surface area (Å²) < 4.78 is 23.0. The Bertz CT molecular complexity index is 554. The summed E-state index contributed by atoms with van der Waals surface area (Å²) in [7, 11) is -2.93. The standard InChI is InChI=1S/C13H16ClNO3S/c14-12-4-2-11(3-5-12)13(16)10-15-6-1-8-19(17,18)9-7-15/h2-5H,1,6-10H2. The van der Waals surface area contributed by atoms with E-state index in [2.05, 4.69) is 0 Å². The summed E-state index contributed by atoms with van der Waals surface area (Å²) in [5.41, 5.74) is 0.608. The Kier molecular flexibility index (Phi) is 4.60. The molecule has 0 spiro atoms. The van der Waals surface area contributed by atoms with E-state index in [0.717, 1.165) is 0 Å². The van der Waals surface area contributed by atoms with Crippen molar-refractivity contribution in [3.05, 3.63) is 34.9 Å². The van der Waals surface area contributed by atoms with E-state index in [1.807, 2.05) is 4.90 Å². The summed E-state index contributed by atoms with van der Waals surface area (Å²) in [4.78, 5) is 14.0. The minimum Gasteiger partial charge on any atom is -0.295 e. The number of ketones is 1. The van der Waals surface area contributed by atoms with Gasteiger partial charge in [-0.15, -0.1) is 0 Å². The van der Waals surface area contributed by atoms with Crippen molar-refractivity contribution in [1.29, 1.82) is 0 Å². The van der Waals surface area contributed by atoms with Gasteiger partial charge in [-0.25, -0.2) is 8.42 Å². The van der Waals surface area contributed by atoms with Crippen LogP contribution in [-0.2, 0) is 9.84 Å². The summed E-state index contributed by atoms with van der Waals surface area (Å²) in [6.45, 7) is 1.34. The first-order valence-corrected chi connectivity index (χ1v) is 8.38. The van der Waals surface area contributed by atoms with Crippen molar-refractivity contribution in [1.82, 2.24) is 4.90 Å². The Balaban J connectivity index is 1.97. The molecule has 1 heterocycles. The molecule has 0 N–H and O–H groups in total. The van der Waals surface area contributed by atoms with E-state index in [0.29, 0.717) is 30.1 Å². The van der Waals surface area contributed by atoms with Crippen LogP contribution in [0.1, 0.15) is 16.8 Å². The van der Waals surface area contributed by atoms with Crippen molar-refractivity contribution in [2.45, 2.75) is 6.42 Å². The molecule has 1 fully saturated rings. The van der Waals surface area contributed by atoms with Crippen LogP contribution in [0.2, 0.25) is 5.02 Å². The van der Waals surface area contributed by atoms with Crippen LogP contribution in [-0.4, -0.2) is 50.2 Å². The highest BCUT2D eigenvalue weighted by molar-refractivity contribution is 7.91. The molecule has 0 bridgehead atoms. The maximum absolute atomic E-state index is 12.1. The Labute approximate surface area is 118 Å². The Morgan fingerprint density at radius 1 is 1.16 bits per heavy atom. The number of carbonyl (C=O) groups excluding carboxylic acids is 1. The van der Waals surface area contributed by atoms with Crippen LogP contribution in [0.25, 0.3) is 0 Å². The van der Waals surface area contributed by atoms with Gasteiger partial charge in [-0.1, -0.05) is 11.6 Å². The molecule has 4 nitrogen and oxygen atoms in total. The molecule has 0 saturated carbocycles. The lowest BCUT2D eigenvalue weighted by Gasteiger charge is -2.17. The Morgan fingerprint density at radius 2 is 1.84 bits per heavy atom. The summed E-state index contributed by atoms with van der Waals surface area (Å²) >= 11 is 5.77. The number of hydrogen-bond donors (Lipinski definition) is 0. The number of sulfone groups is 1. The van der Waals surface area contributed by atoms with Crippen LogP contribution in [0.4, 0.5) is 0 Å². The predicted molar refractivity (Wildman–Crippen MR) is 75.5 cm³/mol. The van der Waals surface area contributed by atoms with Crippen LogP contribution >= 0.6 is 11.6 Å². The molecular formula is C13H16ClNO3S. The Hall–Kier alpha value is -0.910. The summed E-state index contributed by atoms with van der Waals surface area (Å²) in [5.74, 6) is 0.357. The molecule has 19 heavy (non-hydrogen) atoms. The average Bonchev–Trinajstić information content (AvgIpc) is 2.52. The lowest BCUT2D eigenvalue weighted by Crippen LogP contribution is -2.32. The van der Waals surface area contributed by atoms with Gasteiger partial charge >= 0.3 is 0 Å². The van der Waals surface area contributed by atoms with Crippen LogP contribution in [0.5, 0.6) is 0 Å². The van der Waals surface area contributed by atoms with Gasteiger partial charge in [0.25, 0.3) is 0 Å². The van der Waals surface area contributed by atoms with Crippen molar-refractivity contribution in [2.75, 3.05) is 31.1 Å². The fourth-order valence-electron chi connectivity index (χ4n) is 2.08. The third-order valence-corrected chi connectivity index (χ3v) is 5.15. The highest BCUT2D eigenvalue weighted by atomic mass is 35.5. The SMILES string of the molecule is O=C(CN1CCCS(=O)(=O)CC1)c1ccc(Cl)cc1. The number of hydrogen-bond acceptors (Lipinski definition) is 4. The molecule has 1 saturated heterocycles. The third-order valence-electron chi connectivity index (χ3n) is 3.18. The lowest BCUT2D eigenvalue weighted by atomic mass is 10.1. The normalized spacial score (nSPS) is 19.8. The summed E-state index contributed by atoms with van der Waals surface area (Å²) in [6, 6.07) is 6.75. The molecule has 6 heteroatoms. The monoisotopic (exact) mass is 301 g/mol. The number of nitrogens with zero attached hydrogens (tertiary/aromatic N) is 1. The molecule has 1 aliphatic heterocycles. The molecule has 2 rings (SSSR count). The molecule has 0 radical (unpaired) electrons. The lowest BCUT2D eigenvalue weighted by molar-refractivity contribution is 0.0935. The minimum atomic E-state index is -2.93. The van der Waals surface area contributed by atoms with Crippen molar-refractivity contribution < 1.29 is 13.2 Å². The van der Waals surface area contributed by atoms with Gasteiger partial charge in [0.1, 0.15) is 0 Å². The molecule has 0 amide bonds. The van der Waals surface area contributed by atoms with E-state index < -0.39 is 9.84 Å². The van der Waals surface area contributed by atoms with E-state index in [1.54, 1.807) is 24.3 Å². The molecular weight excluding hydrogens is 286 g/mol. The van der Waals surface area contributed by atoms with E-state index >= 15 is 0 Å². The zero-order chi connectivity index (χ0) is 13.9. The number of carbonyl (C=O) groups is 1. The molecule has 1 aromatic rings. The quantitative estimate of drug-likeness (QED) is 0.797. The average molecular weight is 302 g/mol. The first-order valence-electron chi connectivity index (χ1n) is 6.18. The number of rotatable bonds is 3. The molecule has 0 unspecified atom stereocenters. The van der Waals surface area contributed by atoms with Crippen molar-refractivity contribution >= 4 is 27.2 Å². The predicted octanol–water partition coefficient (Wildman–Crippen LogP) is 1.64. The second kappa shape index (κ2) is 6.03. The fraction of sp³-hybridized carbons (Fsp3) is 0.462. The summed E-state index contributed by atoms with van der Waals surface area (Å²) in [5, 5.41) is 0.595. The topological polar surface area (TPSA) is 54.5 Å². The van der Waals surface area contributed by atoms with E-state index in [-0.39, 0.29) is 23.8 Å². The van der Waals surface area contributed by atoms with Crippen LogP contribution < -0.4 is 0 Å². The zero-order valence-electron chi connectivity index (χ0n) is 10.5. The van der Waals surface area contributed by atoms with E-state index in [4.69, 9.17) is 11.6 Å². The van der Waals surface area contributed by atoms with E-state index in [1.165, 1.54) is 0 Å². The van der Waals surface area contributed by atoms with Gasteiger partial charge in [-0.2, -0.15) is 0 Å². The number of benzene rings is 1. The maximum atomic E-state index is 12.1. The second-order valence-electron chi connectivity index (χ2n) is 4.71. The summed E-state index contributed by atoms with van der Waals surface area (Å²) in [6.07, 6.45) is 0.593. The second-order valence-corrected chi connectivity index (χ2v) is 7.45. The van der Waals surface area contributed by atoms with Crippen LogP contribution in [0.3, 0.4) is 0 Å². The van der Waals surface area contributed by atoms with Crippen LogP contribution in [0, 0.1) is 0 Å². The van der Waals surface area contributed by atoms with Gasteiger partial charge in [0.05, 0.1) is 18.1 Å². The molecule has 104 valence electrons. The molecule has 1 aromatic carbocycles. The first-order chi connectivity index (χ1) is 8.96. The van der Waals surface area contributed by atoms with Gasteiger partial charge in [0.2, 0.25) is 0 Å². The molecule has 0 aromatic heterocycles. The first kappa shape index (κ1) is 14.5. The number of halogens is 1. The van der Waals surface area contributed by atoms with Gasteiger partial charge in [-0.05, 0) is 37.2 Å². The smallest absolute Gasteiger partial charge is 0.176 e. The largest absolute Gasteiger partial charge is 0.295 e. The van der Waals surface area contributed by atoms with Crippen LogP contribution in [0.15, 0.2) is 24.3 Å². The highest BCUT2D eigenvalue weighted by Gasteiger charge is 2.20. The van der Waals surface area contributed by atoms with Gasteiger partial charge in [-0.3, -0.25) is 9.69 Å². The molecule has 1 aliphatic rings. The van der Waals surface area contributed by atoms with Gasteiger partial charge < -0.3 is 0 Å². The van der Waals surface area contributed by atoms with E-state index in [9.17, 15) is 13.2 Å². The number of Topliss-reactive ketones (excluding diaryl/α,β-unsaturated/α-hetero) is 1. The highest BCUT2D eigenvalue weighted by Crippen LogP contribution is 2.11. The van der Waals surface area contributed by atoms with Gasteiger partial charge in [0, 0.05) is 17.1 Å². The minimum absolute atomic E-state index is 0.00374. The van der Waals surface area contributed by atoms with Crippen molar-refractivity contribution in [3.63, 3.8) is 0 Å². The van der Waals surface area contributed by atoms with Crippen molar-refractivity contribution in [3.8, 4) is 0 Å². The van der Waals surface area contributed by atoms with Crippen molar-refractivity contribution in [2.24, 2.45) is 0 Å². The third kappa shape index (κ3) is 4.30. The Morgan fingerprint density at radius 3 is 2.53 bits per heavy atom. The zero-order valence-corrected chi connectivity index (χ0v) is 12.1. The van der Waals surface area contributed by atoms with Gasteiger partial charge in [0.15, 0.2) is 15.6 Å². The fourth-order valence-corrected chi connectivity index (χ4v) is 3.51. The molecule has 0 atom stereocenters. The molecule has 0 aliphatic carbocycles. The maximum Gasteiger partial charge on any atom is 0.176 e.